The van der Waals surface area contributed by atoms with E-state index < -0.39 is 102 Å². The van der Waals surface area contributed by atoms with Gasteiger partial charge in [0.05, 0.1) is 35.9 Å². The molecule has 3 rings (SSSR count). The van der Waals surface area contributed by atoms with Crippen LogP contribution in [0.5, 0.6) is 0 Å². The molecule has 0 aromatic rings. The predicted molar refractivity (Wildman–Crippen MR) is 208 cm³/mol. The highest BCUT2D eigenvalue weighted by Crippen LogP contribution is 2.41. The highest BCUT2D eigenvalue weighted by atomic mass is 16.7. The van der Waals surface area contributed by atoms with Crippen molar-refractivity contribution in [1.82, 2.24) is 9.80 Å². The van der Waals surface area contributed by atoms with Crippen LogP contribution < -0.4 is 0 Å². The summed E-state index contributed by atoms with van der Waals surface area (Å²) in [6.45, 7) is 21.5. The summed E-state index contributed by atoms with van der Waals surface area (Å²) in [7, 11) is 7.09. The van der Waals surface area contributed by atoms with Crippen LogP contribution in [0.2, 0.25) is 0 Å². The first kappa shape index (κ1) is 48.6. The van der Waals surface area contributed by atoms with Crippen LogP contribution in [0.25, 0.3) is 0 Å². The van der Waals surface area contributed by atoms with Gasteiger partial charge in [-0.2, -0.15) is 0 Å². The van der Waals surface area contributed by atoms with Gasteiger partial charge in [-0.3, -0.25) is 4.79 Å². The summed E-state index contributed by atoms with van der Waals surface area (Å²) in [6.07, 6.45) is -7.42. The summed E-state index contributed by atoms with van der Waals surface area (Å²) >= 11 is 0. The van der Waals surface area contributed by atoms with E-state index in [-0.39, 0.29) is 37.3 Å². The number of carbonyl (C=O) groups is 2. The van der Waals surface area contributed by atoms with E-state index in [0.29, 0.717) is 13.0 Å². The van der Waals surface area contributed by atoms with Crippen LogP contribution in [0.4, 0.5) is 0 Å². The Kier molecular flexibility index (Phi) is 17.0. The second kappa shape index (κ2) is 19.5. The molecule has 0 bridgehead atoms. The standard InChI is InChI=1S/C41H74N2O13/c1-16-29-41(11,49)34(46)26(7)43(14)21-22(3)19-39(9,48)35(56-38-32(45)28(42(12)13)18-23(4)51-38)24(5)33(25(6)37(47)53-29)55-31-20-40(10,50-15)36(27(8)52-31)54-30(44)17-2/h17,22-29,31-36,38,45-46,48-49H,2,16,18-21H2,1,3-15H3/t22-,23-,24+,25-,26-,27-,28+,29-,31?,32-,33+,34-,35-,36-,38?,39-,40-,41-/m1/s1. The second-order valence-corrected chi connectivity index (χ2v) is 17.8. The number of aliphatic hydroxyl groups excluding tert-OH is 2. The fraction of sp³-hybridized carbons (Fsp3) is 0.902. The minimum atomic E-state index is -1.82. The number of hydrogen-bond acceptors (Lipinski definition) is 15. The van der Waals surface area contributed by atoms with E-state index in [1.54, 1.807) is 48.5 Å². The monoisotopic (exact) mass is 803 g/mol. The zero-order chi connectivity index (χ0) is 42.7. The molecular weight excluding hydrogens is 728 g/mol. The predicted octanol–water partition coefficient (Wildman–Crippen LogP) is 2.64. The van der Waals surface area contributed by atoms with Gasteiger partial charge in [0, 0.05) is 44.2 Å². The lowest BCUT2D eigenvalue weighted by Crippen LogP contribution is -2.61. The van der Waals surface area contributed by atoms with Gasteiger partial charge in [-0.05, 0) is 94.8 Å². The van der Waals surface area contributed by atoms with E-state index in [1.165, 1.54) is 14.0 Å². The zero-order valence-electron chi connectivity index (χ0n) is 36.3. The van der Waals surface area contributed by atoms with Gasteiger partial charge < -0.3 is 63.4 Å². The molecule has 3 saturated heterocycles. The van der Waals surface area contributed by atoms with Crippen molar-refractivity contribution in [3.63, 3.8) is 0 Å². The highest BCUT2D eigenvalue weighted by Gasteiger charge is 2.53. The summed E-state index contributed by atoms with van der Waals surface area (Å²) in [6, 6.07) is -0.849. The van der Waals surface area contributed by atoms with Gasteiger partial charge in [0.2, 0.25) is 0 Å². The van der Waals surface area contributed by atoms with Crippen LogP contribution in [-0.2, 0) is 42.7 Å². The molecule has 3 aliphatic heterocycles. The molecule has 0 aromatic carbocycles. The van der Waals surface area contributed by atoms with E-state index in [0.717, 1.165) is 6.08 Å². The van der Waals surface area contributed by atoms with E-state index in [2.05, 4.69) is 6.58 Å². The molecule has 2 unspecified atom stereocenters. The maximum atomic E-state index is 14.3. The molecule has 0 radical (unpaired) electrons. The number of ether oxygens (including phenoxy) is 7. The summed E-state index contributed by atoms with van der Waals surface area (Å²) in [5, 5.41) is 47.5. The minimum Gasteiger partial charge on any atom is -0.459 e. The Hall–Kier alpha value is -1.76. The van der Waals surface area contributed by atoms with Crippen LogP contribution >= 0.6 is 0 Å². The molecule has 56 heavy (non-hydrogen) atoms. The number of cyclic esters (lactones) is 1. The molecule has 3 fully saturated rings. The number of aliphatic hydroxyl groups is 4. The molecular formula is C41H74N2O13. The Balaban J connectivity index is 2.18. The fourth-order valence-corrected chi connectivity index (χ4v) is 9.12. The first-order valence-electron chi connectivity index (χ1n) is 20.2. The molecule has 3 heterocycles. The minimum absolute atomic E-state index is 0.0854. The maximum absolute atomic E-state index is 14.3. The summed E-state index contributed by atoms with van der Waals surface area (Å²) in [5.41, 5.74) is -4.49. The molecule has 326 valence electrons. The SMILES string of the molecule is C=CC(=O)O[C@@H]1[C@@H](C)OC(O[C@H]2[C@H](C)[C@@H](OC3O[C@H](C)C[C@H](N(C)C)[C@H]3O)[C@](C)(O)C[C@@H](C)CN(C)[C@H](C)[C@@H](O)[C@](C)(O)[C@@H](CC)OC(=O)[C@@H]2C)C[C@@]1(C)OC. The maximum Gasteiger partial charge on any atom is 0.330 e. The van der Waals surface area contributed by atoms with Crippen LogP contribution in [0, 0.1) is 17.8 Å². The average molecular weight is 803 g/mol. The molecule has 0 saturated carbocycles. The smallest absolute Gasteiger partial charge is 0.330 e. The summed E-state index contributed by atoms with van der Waals surface area (Å²) in [5.74, 6) is -3.36. The first-order valence-corrected chi connectivity index (χ1v) is 20.2. The molecule has 4 N–H and O–H groups in total. The van der Waals surface area contributed by atoms with Crippen molar-refractivity contribution >= 4 is 11.9 Å². The Morgan fingerprint density at radius 1 is 1.02 bits per heavy atom. The van der Waals surface area contributed by atoms with E-state index in [9.17, 15) is 30.0 Å². The van der Waals surface area contributed by atoms with Gasteiger partial charge in [0.25, 0.3) is 0 Å². The van der Waals surface area contributed by atoms with Crippen molar-refractivity contribution in [3.05, 3.63) is 12.7 Å². The zero-order valence-corrected chi connectivity index (χ0v) is 36.3. The molecule has 0 amide bonds. The lowest BCUT2D eigenvalue weighted by molar-refractivity contribution is -0.318. The fourth-order valence-electron chi connectivity index (χ4n) is 9.12. The van der Waals surface area contributed by atoms with E-state index in [4.69, 9.17) is 33.2 Å². The van der Waals surface area contributed by atoms with E-state index >= 15 is 0 Å². The van der Waals surface area contributed by atoms with Crippen LogP contribution in [0.3, 0.4) is 0 Å². The molecule has 18 atom stereocenters. The third kappa shape index (κ3) is 11.1. The topological polar surface area (TPSA) is 186 Å². The first-order chi connectivity index (χ1) is 25.8. The third-order valence-electron chi connectivity index (χ3n) is 12.6. The van der Waals surface area contributed by atoms with Crippen molar-refractivity contribution in [3.8, 4) is 0 Å². The Morgan fingerprint density at radius 2 is 1.64 bits per heavy atom. The lowest BCUT2D eigenvalue weighted by Gasteiger charge is -2.49. The normalized spacial score (nSPS) is 46.7. The summed E-state index contributed by atoms with van der Waals surface area (Å²) < 4.78 is 43.7. The van der Waals surface area contributed by atoms with Gasteiger partial charge in [-0.25, -0.2) is 4.79 Å². The Labute approximate surface area is 334 Å². The van der Waals surface area contributed by atoms with Crippen LogP contribution in [0.1, 0.15) is 94.9 Å². The number of rotatable bonds is 9. The van der Waals surface area contributed by atoms with Crippen molar-refractivity contribution < 1.29 is 63.2 Å². The third-order valence-corrected chi connectivity index (χ3v) is 12.6. The van der Waals surface area contributed by atoms with Crippen molar-refractivity contribution in [2.24, 2.45) is 17.8 Å². The van der Waals surface area contributed by atoms with Gasteiger partial charge in [0.1, 0.15) is 29.5 Å². The van der Waals surface area contributed by atoms with Crippen molar-refractivity contribution in [2.75, 3.05) is 34.8 Å². The Bertz CT molecular complexity index is 1300. The van der Waals surface area contributed by atoms with Gasteiger partial charge in [0.15, 0.2) is 18.7 Å². The number of carbonyl (C=O) groups excluding carboxylic acids is 2. The van der Waals surface area contributed by atoms with Gasteiger partial charge in [-0.15, -0.1) is 0 Å². The molecule has 3 aliphatic rings. The molecule has 0 aliphatic carbocycles. The van der Waals surface area contributed by atoms with E-state index in [1.807, 2.05) is 44.8 Å². The Morgan fingerprint density at radius 3 is 2.20 bits per heavy atom. The molecule has 0 aromatic heterocycles. The second-order valence-electron chi connectivity index (χ2n) is 17.8. The number of esters is 2. The quantitative estimate of drug-likeness (QED) is 0.197. The van der Waals surface area contributed by atoms with Gasteiger partial charge in [-0.1, -0.05) is 27.4 Å². The number of hydrogen-bond donors (Lipinski definition) is 4. The molecule has 15 nitrogen and oxygen atoms in total. The molecule has 15 heteroatoms. The largest absolute Gasteiger partial charge is 0.459 e. The molecule has 0 spiro atoms. The summed E-state index contributed by atoms with van der Waals surface area (Å²) in [4.78, 5) is 30.5. The lowest BCUT2D eigenvalue weighted by atomic mass is 9.77. The van der Waals surface area contributed by atoms with Crippen LogP contribution in [0.15, 0.2) is 12.7 Å². The average Bonchev–Trinajstić information content (AvgIpc) is 3.11. The number of likely N-dealkylation sites (N-methyl/N-ethyl adjacent to an activating group) is 2. The van der Waals surface area contributed by atoms with Crippen LogP contribution in [-0.4, -0.2) is 167 Å². The highest BCUT2D eigenvalue weighted by molar-refractivity contribution is 5.81. The van der Waals surface area contributed by atoms with Crippen molar-refractivity contribution in [2.45, 2.75) is 185 Å². The number of nitrogens with zero attached hydrogens (tertiary/aromatic N) is 2. The van der Waals surface area contributed by atoms with Gasteiger partial charge >= 0.3 is 11.9 Å². The van der Waals surface area contributed by atoms with Crippen molar-refractivity contribution in [1.29, 1.82) is 0 Å². The number of methoxy groups -OCH3 is 1.